The summed E-state index contributed by atoms with van der Waals surface area (Å²) in [5, 5.41) is 10.2. The summed E-state index contributed by atoms with van der Waals surface area (Å²) < 4.78 is 5.72. The summed E-state index contributed by atoms with van der Waals surface area (Å²) in [6.45, 7) is 6.81. The number of benzene rings is 1. The predicted molar refractivity (Wildman–Crippen MR) is 92.7 cm³/mol. The van der Waals surface area contributed by atoms with Gasteiger partial charge in [-0.15, -0.1) is 0 Å². The molecule has 124 valence electrons. The number of aliphatic hydroxyl groups is 1. The first kappa shape index (κ1) is 17.4. The van der Waals surface area contributed by atoms with Gasteiger partial charge in [-0.2, -0.15) is 0 Å². The van der Waals surface area contributed by atoms with E-state index in [0.29, 0.717) is 13.2 Å². The standard InChI is InChI=1S/C19H26N2O2/c1-3-21(13-11-17-9-6-7-12-20-17)14-18(22)15-23-19-10-5-4-8-16(19)2/h4-10,12,18,22H,3,11,13-15H2,1-2H3. The summed E-state index contributed by atoms with van der Waals surface area (Å²) in [7, 11) is 0. The number of aromatic nitrogens is 1. The molecule has 0 saturated heterocycles. The molecule has 1 atom stereocenters. The minimum atomic E-state index is -0.502. The van der Waals surface area contributed by atoms with Crippen molar-refractivity contribution in [1.29, 1.82) is 0 Å². The number of hydrogen-bond acceptors (Lipinski definition) is 4. The maximum Gasteiger partial charge on any atom is 0.122 e. The molecule has 23 heavy (non-hydrogen) atoms. The van der Waals surface area contributed by atoms with Crippen molar-refractivity contribution < 1.29 is 9.84 Å². The van der Waals surface area contributed by atoms with E-state index in [1.165, 1.54) is 0 Å². The molecule has 0 aliphatic heterocycles. The van der Waals surface area contributed by atoms with Crippen LogP contribution in [0.15, 0.2) is 48.7 Å². The monoisotopic (exact) mass is 314 g/mol. The molecule has 4 nitrogen and oxygen atoms in total. The van der Waals surface area contributed by atoms with Crippen LogP contribution < -0.4 is 4.74 Å². The topological polar surface area (TPSA) is 45.6 Å². The van der Waals surface area contributed by atoms with Crippen LogP contribution >= 0.6 is 0 Å². The Morgan fingerprint density at radius 3 is 2.65 bits per heavy atom. The minimum absolute atomic E-state index is 0.310. The van der Waals surface area contributed by atoms with Crippen LogP contribution in [0, 0.1) is 6.92 Å². The Labute approximate surface area is 138 Å². The van der Waals surface area contributed by atoms with Crippen LogP contribution in [0.25, 0.3) is 0 Å². The molecule has 0 spiro atoms. The summed E-state index contributed by atoms with van der Waals surface area (Å²) in [6, 6.07) is 13.8. The van der Waals surface area contributed by atoms with Crippen LogP contribution in [0.1, 0.15) is 18.2 Å². The third-order valence-corrected chi connectivity index (χ3v) is 3.85. The van der Waals surface area contributed by atoms with Crippen LogP contribution in [-0.4, -0.2) is 47.3 Å². The largest absolute Gasteiger partial charge is 0.491 e. The molecule has 0 fully saturated rings. The van der Waals surface area contributed by atoms with Crippen molar-refractivity contribution in [2.75, 3.05) is 26.2 Å². The third-order valence-electron chi connectivity index (χ3n) is 3.85. The van der Waals surface area contributed by atoms with Crippen molar-refractivity contribution in [3.63, 3.8) is 0 Å². The number of pyridine rings is 1. The van der Waals surface area contributed by atoms with Gasteiger partial charge in [0.2, 0.25) is 0 Å². The maximum absolute atomic E-state index is 10.2. The van der Waals surface area contributed by atoms with Gasteiger partial charge in [0, 0.05) is 31.4 Å². The summed E-state index contributed by atoms with van der Waals surface area (Å²) in [5.74, 6) is 0.836. The first-order valence-electron chi connectivity index (χ1n) is 8.17. The molecule has 1 N–H and O–H groups in total. The number of aryl methyl sites for hydroxylation is 1. The molecule has 0 aliphatic rings. The van der Waals surface area contributed by atoms with Gasteiger partial charge in [-0.1, -0.05) is 31.2 Å². The van der Waals surface area contributed by atoms with Crippen LogP contribution in [0.5, 0.6) is 5.75 Å². The lowest BCUT2D eigenvalue weighted by molar-refractivity contribution is 0.0699. The third kappa shape index (κ3) is 6.00. The van der Waals surface area contributed by atoms with Crippen molar-refractivity contribution >= 4 is 0 Å². The molecule has 0 saturated carbocycles. The average Bonchev–Trinajstić information content (AvgIpc) is 2.58. The van der Waals surface area contributed by atoms with Gasteiger partial charge in [0.15, 0.2) is 0 Å². The van der Waals surface area contributed by atoms with E-state index in [1.807, 2.05) is 55.6 Å². The molecule has 0 amide bonds. The van der Waals surface area contributed by atoms with Crippen molar-refractivity contribution in [1.82, 2.24) is 9.88 Å². The molecule has 0 bridgehead atoms. The Bertz CT molecular complexity index is 575. The van der Waals surface area contributed by atoms with Crippen molar-refractivity contribution in [3.05, 3.63) is 59.9 Å². The van der Waals surface area contributed by atoms with Gasteiger partial charge in [0.05, 0.1) is 0 Å². The normalized spacial score (nSPS) is 12.3. The SMILES string of the molecule is CCN(CCc1ccccn1)CC(O)COc1ccccc1C. The van der Waals surface area contributed by atoms with Gasteiger partial charge in [0.25, 0.3) is 0 Å². The molecule has 1 unspecified atom stereocenters. The molecule has 1 heterocycles. The van der Waals surface area contributed by atoms with E-state index in [4.69, 9.17) is 4.74 Å². The lowest BCUT2D eigenvalue weighted by Gasteiger charge is -2.23. The fraction of sp³-hybridized carbons (Fsp3) is 0.421. The van der Waals surface area contributed by atoms with Crippen molar-refractivity contribution in [2.24, 2.45) is 0 Å². The molecule has 0 aliphatic carbocycles. The molecule has 0 radical (unpaired) electrons. The highest BCUT2D eigenvalue weighted by molar-refractivity contribution is 5.31. The van der Waals surface area contributed by atoms with E-state index >= 15 is 0 Å². The van der Waals surface area contributed by atoms with Gasteiger partial charge in [-0.05, 0) is 37.2 Å². The highest BCUT2D eigenvalue weighted by Gasteiger charge is 2.12. The Kier molecular flexibility index (Phi) is 7.04. The molecule has 4 heteroatoms. The van der Waals surface area contributed by atoms with E-state index in [2.05, 4.69) is 16.8 Å². The predicted octanol–water partition coefficient (Wildman–Crippen LogP) is 2.69. The van der Waals surface area contributed by atoms with Gasteiger partial charge in [-0.3, -0.25) is 4.98 Å². The maximum atomic E-state index is 10.2. The number of hydrogen-bond donors (Lipinski definition) is 1. The number of nitrogens with zero attached hydrogens (tertiary/aromatic N) is 2. The Hall–Kier alpha value is -1.91. The number of rotatable bonds is 9. The van der Waals surface area contributed by atoms with Crippen molar-refractivity contribution in [2.45, 2.75) is 26.4 Å². The molecule has 2 aromatic rings. The van der Waals surface area contributed by atoms with Gasteiger partial charge in [0.1, 0.15) is 18.5 Å². The second kappa shape index (κ2) is 9.28. The molecular formula is C19H26N2O2. The first-order valence-corrected chi connectivity index (χ1v) is 8.17. The Morgan fingerprint density at radius 1 is 1.17 bits per heavy atom. The summed E-state index contributed by atoms with van der Waals surface area (Å²) in [6.07, 6.45) is 2.20. The molecule has 1 aromatic heterocycles. The van der Waals surface area contributed by atoms with E-state index in [0.717, 1.165) is 36.5 Å². The first-order chi connectivity index (χ1) is 11.2. The van der Waals surface area contributed by atoms with Gasteiger partial charge < -0.3 is 14.7 Å². The van der Waals surface area contributed by atoms with E-state index in [9.17, 15) is 5.11 Å². The lowest BCUT2D eigenvalue weighted by Crippen LogP contribution is -2.36. The van der Waals surface area contributed by atoms with Crippen molar-refractivity contribution in [3.8, 4) is 5.75 Å². The molecule has 2 rings (SSSR count). The molecular weight excluding hydrogens is 288 g/mol. The fourth-order valence-corrected chi connectivity index (χ4v) is 2.45. The van der Waals surface area contributed by atoms with E-state index in [1.54, 1.807) is 0 Å². The number of aliphatic hydroxyl groups excluding tert-OH is 1. The second-order valence-corrected chi connectivity index (χ2v) is 5.69. The van der Waals surface area contributed by atoms with Crippen LogP contribution in [0.3, 0.4) is 0 Å². The summed E-state index contributed by atoms with van der Waals surface area (Å²) in [5.41, 5.74) is 2.17. The Balaban J connectivity index is 1.76. The van der Waals surface area contributed by atoms with Gasteiger partial charge in [-0.25, -0.2) is 0 Å². The van der Waals surface area contributed by atoms with Gasteiger partial charge >= 0.3 is 0 Å². The highest BCUT2D eigenvalue weighted by Crippen LogP contribution is 2.16. The number of para-hydroxylation sites is 1. The molecule has 1 aromatic carbocycles. The average molecular weight is 314 g/mol. The quantitative estimate of drug-likeness (QED) is 0.773. The zero-order chi connectivity index (χ0) is 16.5. The van der Waals surface area contributed by atoms with E-state index in [-0.39, 0.29) is 0 Å². The fourth-order valence-electron chi connectivity index (χ4n) is 2.45. The lowest BCUT2D eigenvalue weighted by atomic mass is 10.2. The summed E-state index contributed by atoms with van der Waals surface area (Å²) >= 11 is 0. The smallest absolute Gasteiger partial charge is 0.122 e. The van der Waals surface area contributed by atoms with Crippen LogP contribution in [-0.2, 0) is 6.42 Å². The summed E-state index contributed by atoms with van der Waals surface area (Å²) in [4.78, 5) is 6.56. The van der Waals surface area contributed by atoms with Crippen LogP contribution in [0.4, 0.5) is 0 Å². The number of likely N-dealkylation sites (N-methyl/N-ethyl adjacent to an activating group) is 1. The van der Waals surface area contributed by atoms with E-state index < -0.39 is 6.10 Å². The Morgan fingerprint density at radius 2 is 1.96 bits per heavy atom. The minimum Gasteiger partial charge on any atom is -0.491 e. The highest BCUT2D eigenvalue weighted by atomic mass is 16.5. The number of ether oxygens (including phenoxy) is 1. The second-order valence-electron chi connectivity index (χ2n) is 5.69. The zero-order valence-corrected chi connectivity index (χ0v) is 14.0. The zero-order valence-electron chi connectivity index (χ0n) is 14.0. The van der Waals surface area contributed by atoms with Crippen LogP contribution in [0.2, 0.25) is 0 Å².